The van der Waals surface area contributed by atoms with Crippen molar-refractivity contribution in [3.05, 3.63) is 29.1 Å². The summed E-state index contributed by atoms with van der Waals surface area (Å²) in [5.41, 5.74) is 0. The molecule has 0 aromatic carbocycles. The molecule has 4 atom stereocenters. The van der Waals surface area contributed by atoms with Gasteiger partial charge < -0.3 is 0 Å². The first-order valence-corrected chi connectivity index (χ1v) is 7.00. The van der Waals surface area contributed by atoms with Crippen molar-refractivity contribution in [2.45, 2.75) is 6.42 Å². The molecule has 5 nitrogen and oxygen atoms in total. The van der Waals surface area contributed by atoms with E-state index in [1.54, 1.807) is 0 Å². The van der Waals surface area contributed by atoms with E-state index in [1.165, 1.54) is 17.3 Å². The molecule has 6 heteroatoms. The first-order valence-electron chi connectivity index (χ1n) is 6.20. The van der Waals surface area contributed by atoms with Crippen LogP contribution >= 0.6 is 15.9 Å². The molecule has 0 N–H and O–H groups in total. The van der Waals surface area contributed by atoms with Crippen molar-refractivity contribution in [3.8, 4) is 0 Å². The molecule has 1 saturated carbocycles. The highest BCUT2D eigenvalue weighted by atomic mass is 79.9. The smallest absolute Gasteiger partial charge is 0.239 e. The van der Waals surface area contributed by atoms with Crippen LogP contribution in [-0.2, 0) is 9.59 Å². The maximum absolute atomic E-state index is 12.5. The summed E-state index contributed by atoms with van der Waals surface area (Å²) in [5, 5.41) is 0. The number of fused-ring (bicyclic) bond motifs is 5. The number of halogens is 1. The lowest BCUT2D eigenvalue weighted by atomic mass is 9.85. The lowest BCUT2D eigenvalue weighted by Crippen LogP contribution is -2.33. The fourth-order valence-electron chi connectivity index (χ4n) is 3.55. The third-order valence-corrected chi connectivity index (χ3v) is 4.72. The van der Waals surface area contributed by atoms with Crippen LogP contribution in [0, 0.1) is 23.7 Å². The molecule has 4 rings (SSSR count). The van der Waals surface area contributed by atoms with Crippen LogP contribution in [0.2, 0.25) is 0 Å². The summed E-state index contributed by atoms with van der Waals surface area (Å²) in [5.74, 6) is 0.152. The number of carbonyl (C=O) groups excluding carboxylic acids is 2. The Morgan fingerprint density at radius 2 is 1.68 bits per heavy atom. The monoisotopic (exact) mass is 319 g/mol. The third kappa shape index (κ3) is 1.40. The van der Waals surface area contributed by atoms with Crippen molar-refractivity contribution < 1.29 is 9.59 Å². The summed E-state index contributed by atoms with van der Waals surface area (Å²) in [6.45, 7) is 0. The van der Waals surface area contributed by atoms with Gasteiger partial charge in [0.25, 0.3) is 0 Å². The van der Waals surface area contributed by atoms with Gasteiger partial charge >= 0.3 is 0 Å². The van der Waals surface area contributed by atoms with Crippen LogP contribution in [-0.4, -0.2) is 21.8 Å². The van der Waals surface area contributed by atoms with Gasteiger partial charge in [0.15, 0.2) is 5.82 Å². The second-order valence-electron chi connectivity index (χ2n) is 5.21. The zero-order chi connectivity index (χ0) is 13.1. The zero-order valence-electron chi connectivity index (χ0n) is 9.86. The first kappa shape index (κ1) is 11.3. The molecule has 3 aliphatic rings. The number of allylic oxidation sites excluding steroid dienone is 2. The minimum absolute atomic E-state index is 0.122. The standard InChI is InChI=1S/C13H10BrN3O2/c14-8-4-16-9(5-15-8)17-12(18)10-6-1-2-7(3-6)11(10)13(17)19/h1-2,4-7,10-11H,3H2. The second kappa shape index (κ2) is 3.72. The maximum atomic E-state index is 12.5. The first-order chi connectivity index (χ1) is 9.16. The molecule has 0 spiro atoms. The molecule has 19 heavy (non-hydrogen) atoms. The Morgan fingerprint density at radius 3 is 2.21 bits per heavy atom. The molecule has 2 aliphatic carbocycles. The van der Waals surface area contributed by atoms with E-state index in [9.17, 15) is 9.59 Å². The molecular weight excluding hydrogens is 310 g/mol. The van der Waals surface area contributed by atoms with E-state index in [0.717, 1.165) is 6.42 Å². The number of amides is 2. The number of aromatic nitrogens is 2. The van der Waals surface area contributed by atoms with E-state index in [1.807, 2.05) is 0 Å². The molecule has 4 unspecified atom stereocenters. The molecule has 96 valence electrons. The molecule has 1 aliphatic heterocycles. The van der Waals surface area contributed by atoms with Crippen LogP contribution in [0.1, 0.15) is 6.42 Å². The topological polar surface area (TPSA) is 63.2 Å². The molecule has 1 aromatic rings. The molecule has 2 amide bonds. The SMILES string of the molecule is O=C1C2C3C=CC(C3)C2C(=O)N1c1cnc(Br)cn1. The van der Waals surface area contributed by atoms with Crippen LogP contribution in [0.5, 0.6) is 0 Å². The van der Waals surface area contributed by atoms with Crippen molar-refractivity contribution in [1.29, 1.82) is 0 Å². The Balaban J connectivity index is 1.74. The van der Waals surface area contributed by atoms with Crippen molar-refractivity contribution in [2.75, 3.05) is 4.90 Å². The van der Waals surface area contributed by atoms with E-state index in [4.69, 9.17) is 0 Å². The highest BCUT2D eigenvalue weighted by molar-refractivity contribution is 9.10. The molecule has 1 saturated heterocycles. The van der Waals surface area contributed by atoms with Crippen molar-refractivity contribution in [2.24, 2.45) is 23.7 Å². The van der Waals surface area contributed by atoms with Crippen LogP contribution in [0.4, 0.5) is 5.82 Å². The normalized spacial score (nSPS) is 35.3. The van der Waals surface area contributed by atoms with Gasteiger partial charge in [-0.05, 0) is 34.2 Å². The van der Waals surface area contributed by atoms with Crippen LogP contribution in [0.3, 0.4) is 0 Å². The number of anilines is 1. The maximum Gasteiger partial charge on any atom is 0.239 e. The number of hydrogen-bond acceptors (Lipinski definition) is 4. The van der Waals surface area contributed by atoms with Gasteiger partial charge in [-0.15, -0.1) is 0 Å². The molecule has 1 aromatic heterocycles. The van der Waals surface area contributed by atoms with Gasteiger partial charge in [0.2, 0.25) is 11.8 Å². The van der Waals surface area contributed by atoms with Crippen LogP contribution in [0.15, 0.2) is 29.1 Å². The fraction of sp³-hybridized carbons (Fsp3) is 0.385. The third-order valence-electron chi connectivity index (χ3n) is 4.31. The van der Waals surface area contributed by atoms with Crippen molar-refractivity contribution in [1.82, 2.24) is 9.97 Å². The molecule has 2 heterocycles. The zero-order valence-corrected chi connectivity index (χ0v) is 11.4. The number of imide groups is 1. The Bertz CT molecular complexity index is 583. The molecule has 2 bridgehead atoms. The summed E-state index contributed by atoms with van der Waals surface area (Å²) in [6, 6.07) is 0. The number of carbonyl (C=O) groups is 2. The minimum atomic E-state index is -0.187. The summed E-state index contributed by atoms with van der Waals surface area (Å²) < 4.78 is 0.581. The Morgan fingerprint density at radius 1 is 1.05 bits per heavy atom. The Kier molecular flexibility index (Phi) is 2.21. The predicted octanol–water partition coefficient (Wildman–Crippen LogP) is 1.55. The predicted molar refractivity (Wildman–Crippen MR) is 69.9 cm³/mol. The van der Waals surface area contributed by atoms with Gasteiger partial charge in [0, 0.05) is 0 Å². The van der Waals surface area contributed by atoms with E-state index in [2.05, 4.69) is 38.0 Å². The number of nitrogens with zero attached hydrogens (tertiary/aromatic N) is 3. The van der Waals surface area contributed by atoms with E-state index in [0.29, 0.717) is 10.4 Å². The molecule has 0 radical (unpaired) electrons. The summed E-state index contributed by atoms with van der Waals surface area (Å²) in [7, 11) is 0. The molecule has 2 fully saturated rings. The summed E-state index contributed by atoms with van der Waals surface area (Å²) in [6.07, 6.45) is 8.04. The van der Waals surface area contributed by atoms with Gasteiger partial charge in [-0.25, -0.2) is 14.9 Å². The van der Waals surface area contributed by atoms with Gasteiger partial charge in [-0.1, -0.05) is 12.2 Å². The number of hydrogen-bond donors (Lipinski definition) is 0. The highest BCUT2D eigenvalue weighted by Crippen LogP contribution is 2.52. The lowest BCUT2D eigenvalue weighted by Gasteiger charge is -2.15. The van der Waals surface area contributed by atoms with Gasteiger partial charge in [0.1, 0.15) is 4.60 Å². The van der Waals surface area contributed by atoms with Crippen molar-refractivity contribution >= 4 is 33.6 Å². The highest BCUT2D eigenvalue weighted by Gasteiger charge is 2.59. The second-order valence-corrected chi connectivity index (χ2v) is 6.02. The minimum Gasteiger partial charge on any atom is -0.274 e. The summed E-state index contributed by atoms with van der Waals surface area (Å²) >= 11 is 3.19. The largest absolute Gasteiger partial charge is 0.274 e. The Labute approximate surface area is 117 Å². The number of rotatable bonds is 1. The summed E-state index contributed by atoms with van der Waals surface area (Å²) in [4.78, 5) is 34.3. The van der Waals surface area contributed by atoms with E-state index >= 15 is 0 Å². The van der Waals surface area contributed by atoms with Gasteiger partial charge in [-0.2, -0.15) is 0 Å². The van der Waals surface area contributed by atoms with Gasteiger partial charge in [-0.3, -0.25) is 9.59 Å². The average Bonchev–Trinajstić information content (AvgIpc) is 3.06. The average molecular weight is 320 g/mol. The van der Waals surface area contributed by atoms with E-state index < -0.39 is 0 Å². The van der Waals surface area contributed by atoms with Crippen LogP contribution in [0.25, 0.3) is 0 Å². The molecular formula is C13H10BrN3O2. The van der Waals surface area contributed by atoms with Crippen molar-refractivity contribution in [3.63, 3.8) is 0 Å². The fourth-order valence-corrected chi connectivity index (χ4v) is 3.75. The quantitative estimate of drug-likeness (QED) is 0.582. The Hall–Kier alpha value is -1.56. The van der Waals surface area contributed by atoms with Gasteiger partial charge in [0.05, 0.1) is 24.2 Å². The lowest BCUT2D eigenvalue weighted by molar-refractivity contribution is -0.123. The van der Waals surface area contributed by atoms with E-state index in [-0.39, 0.29) is 35.5 Å². The van der Waals surface area contributed by atoms with Crippen LogP contribution < -0.4 is 4.90 Å².